The fraction of sp³-hybridized carbons (Fsp3) is 0.133. The van der Waals surface area contributed by atoms with Gasteiger partial charge in [0.05, 0.1) is 23.5 Å². The Labute approximate surface area is 143 Å². The first-order valence-corrected chi connectivity index (χ1v) is 8.48. The molecule has 2 rings (SSSR count). The van der Waals surface area contributed by atoms with Crippen molar-refractivity contribution in [3.05, 3.63) is 58.6 Å². The molecule has 2 aromatic carbocycles. The van der Waals surface area contributed by atoms with Crippen LogP contribution in [0.25, 0.3) is 0 Å². The van der Waals surface area contributed by atoms with Crippen LogP contribution in [-0.4, -0.2) is 32.9 Å². The topological polar surface area (TPSA) is 128 Å². The van der Waals surface area contributed by atoms with E-state index in [0.29, 0.717) is 5.75 Å². The molecule has 0 saturated heterocycles. The number of carbonyl (C=O) groups excluding carboxylic acids is 1. The predicted octanol–water partition coefficient (Wildman–Crippen LogP) is 1.52. The van der Waals surface area contributed by atoms with Crippen LogP contribution in [0, 0.1) is 10.1 Å². The Morgan fingerprint density at radius 1 is 1.20 bits per heavy atom. The van der Waals surface area contributed by atoms with Gasteiger partial charge in [0.15, 0.2) is 0 Å². The molecule has 0 fully saturated rings. The van der Waals surface area contributed by atoms with Gasteiger partial charge in [-0.3, -0.25) is 14.9 Å². The molecule has 2 aromatic rings. The highest BCUT2D eigenvalue weighted by Crippen LogP contribution is 2.17. The van der Waals surface area contributed by atoms with Gasteiger partial charge in [-0.05, 0) is 30.3 Å². The molecule has 0 atom stereocenters. The quantitative estimate of drug-likeness (QED) is 0.565. The molecule has 0 spiro atoms. The molecule has 2 N–H and O–H groups in total. The van der Waals surface area contributed by atoms with Crippen LogP contribution >= 0.6 is 0 Å². The summed E-state index contributed by atoms with van der Waals surface area (Å²) in [6, 6.07) is 11.0. The number of hydrogen-bond donors (Lipinski definition) is 2. The smallest absolute Gasteiger partial charge is 0.271 e. The van der Waals surface area contributed by atoms with Crippen molar-refractivity contribution >= 4 is 27.3 Å². The Bertz CT molecular complexity index is 880. The van der Waals surface area contributed by atoms with Crippen molar-refractivity contribution in [1.82, 2.24) is 4.72 Å². The van der Waals surface area contributed by atoms with Crippen molar-refractivity contribution in [2.75, 3.05) is 19.0 Å². The van der Waals surface area contributed by atoms with Crippen molar-refractivity contribution in [2.24, 2.45) is 0 Å². The Morgan fingerprint density at radius 3 is 2.48 bits per heavy atom. The molecule has 0 bridgehead atoms. The van der Waals surface area contributed by atoms with Crippen LogP contribution in [0.4, 0.5) is 11.4 Å². The summed E-state index contributed by atoms with van der Waals surface area (Å²) in [4.78, 5) is 21.9. The lowest BCUT2D eigenvalue weighted by atomic mass is 10.3. The summed E-state index contributed by atoms with van der Waals surface area (Å²) < 4.78 is 31.3. The maximum atomic E-state index is 12.1. The van der Waals surface area contributed by atoms with Crippen LogP contribution in [0.1, 0.15) is 0 Å². The van der Waals surface area contributed by atoms with Gasteiger partial charge >= 0.3 is 0 Å². The summed E-state index contributed by atoms with van der Waals surface area (Å²) in [5, 5.41) is 13.1. The van der Waals surface area contributed by atoms with E-state index in [9.17, 15) is 23.3 Å². The van der Waals surface area contributed by atoms with Gasteiger partial charge in [-0.25, -0.2) is 13.1 Å². The number of hydrogen-bond acceptors (Lipinski definition) is 6. The number of amides is 1. The second-order valence-electron chi connectivity index (χ2n) is 4.86. The maximum absolute atomic E-state index is 12.1. The zero-order chi connectivity index (χ0) is 18.4. The summed E-state index contributed by atoms with van der Waals surface area (Å²) in [6.45, 7) is -0.517. The minimum absolute atomic E-state index is 0.0172. The Morgan fingerprint density at radius 2 is 1.88 bits per heavy atom. The SMILES string of the molecule is COc1ccc(S(=O)(=O)NCC(=O)Nc2cccc([N+](=O)[O-])c2)cc1. The van der Waals surface area contributed by atoms with Crippen LogP contribution in [0.3, 0.4) is 0 Å². The van der Waals surface area contributed by atoms with Gasteiger partial charge in [0.2, 0.25) is 15.9 Å². The van der Waals surface area contributed by atoms with Crippen LogP contribution in [0.15, 0.2) is 53.4 Å². The van der Waals surface area contributed by atoms with E-state index in [0.717, 1.165) is 0 Å². The van der Waals surface area contributed by atoms with Gasteiger partial charge in [0.25, 0.3) is 5.69 Å². The standard InChI is InChI=1S/C15H15N3O6S/c1-24-13-5-7-14(8-6-13)25(22,23)16-10-15(19)17-11-3-2-4-12(9-11)18(20)21/h2-9,16H,10H2,1H3,(H,17,19). The number of methoxy groups -OCH3 is 1. The third-order valence-electron chi connectivity index (χ3n) is 3.13. The average molecular weight is 365 g/mol. The van der Waals surface area contributed by atoms with E-state index >= 15 is 0 Å². The monoisotopic (exact) mass is 365 g/mol. The summed E-state index contributed by atoms with van der Waals surface area (Å²) in [5.41, 5.74) is 0.0134. The van der Waals surface area contributed by atoms with Gasteiger partial charge in [0, 0.05) is 17.8 Å². The molecule has 0 unspecified atom stereocenters. The first-order chi connectivity index (χ1) is 11.8. The molecule has 10 heteroatoms. The van der Waals surface area contributed by atoms with Crippen molar-refractivity contribution in [1.29, 1.82) is 0 Å². The molecular weight excluding hydrogens is 350 g/mol. The third-order valence-corrected chi connectivity index (χ3v) is 4.55. The molecule has 132 valence electrons. The van der Waals surface area contributed by atoms with Crippen molar-refractivity contribution in [3.63, 3.8) is 0 Å². The normalized spacial score (nSPS) is 10.9. The van der Waals surface area contributed by atoms with Gasteiger partial charge in [-0.1, -0.05) is 6.07 Å². The number of nitrogens with zero attached hydrogens (tertiary/aromatic N) is 1. The average Bonchev–Trinajstić information content (AvgIpc) is 2.60. The zero-order valence-electron chi connectivity index (χ0n) is 13.1. The third kappa shape index (κ3) is 4.99. The molecule has 9 nitrogen and oxygen atoms in total. The summed E-state index contributed by atoms with van der Waals surface area (Å²) in [7, 11) is -2.41. The number of benzene rings is 2. The fourth-order valence-electron chi connectivity index (χ4n) is 1.90. The largest absolute Gasteiger partial charge is 0.497 e. The van der Waals surface area contributed by atoms with E-state index in [1.165, 1.54) is 55.6 Å². The van der Waals surface area contributed by atoms with Crippen LogP contribution in [0.5, 0.6) is 5.75 Å². The summed E-state index contributed by atoms with van der Waals surface area (Å²) in [6.07, 6.45) is 0. The van der Waals surface area contributed by atoms with Crippen LogP contribution in [0.2, 0.25) is 0 Å². The lowest BCUT2D eigenvalue weighted by molar-refractivity contribution is -0.384. The van der Waals surface area contributed by atoms with Crippen LogP contribution < -0.4 is 14.8 Å². The highest BCUT2D eigenvalue weighted by atomic mass is 32.2. The molecule has 0 aliphatic heterocycles. The van der Waals surface area contributed by atoms with Gasteiger partial charge in [0.1, 0.15) is 5.75 Å². The first-order valence-electron chi connectivity index (χ1n) is 7.00. The minimum atomic E-state index is -3.87. The van der Waals surface area contributed by atoms with Crippen LogP contribution in [-0.2, 0) is 14.8 Å². The van der Waals surface area contributed by atoms with Gasteiger partial charge in [-0.2, -0.15) is 0 Å². The second-order valence-corrected chi connectivity index (χ2v) is 6.62. The molecular formula is C15H15N3O6S. The fourth-order valence-corrected chi connectivity index (χ4v) is 2.88. The number of anilines is 1. The van der Waals surface area contributed by atoms with Crippen molar-refractivity contribution in [2.45, 2.75) is 4.90 Å². The highest BCUT2D eigenvalue weighted by Gasteiger charge is 2.16. The van der Waals surface area contributed by atoms with E-state index in [2.05, 4.69) is 10.0 Å². The molecule has 25 heavy (non-hydrogen) atoms. The first kappa shape index (κ1) is 18.4. The molecule has 0 aliphatic rings. The lowest BCUT2D eigenvalue weighted by Gasteiger charge is -2.08. The molecule has 1 amide bonds. The summed E-state index contributed by atoms with van der Waals surface area (Å²) in [5.74, 6) is -0.153. The molecule has 0 saturated carbocycles. The lowest BCUT2D eigenvalue weighted by Crippen LogP contribution is -2.32. The Hall–Kier alpha value is -2.98. The van der Waals surface area contributed by atoms with E-state index < -0.39 is 27.4 Å². The second kappa shape index (κ2) is 7.73. The number of nitro groups is 1. The Kier molecular flexibility index (Phi) is 5.67. The van der Waals surface area contributed by atoms with Gasteiger partial charge < -0.3 is 10.1 Å². The highest BCUT2D eigenvalue weighted by molar-refractivity contribution is 7.89. The predicted molar refractivity (Wildman–Crippen MR) is 89.9 cm³/mol. The zero-order valence-corrected chi connectivity index (χ0v) is 13.9. The number of nitrogens with one attached hydrogen (secondary N) is 2. The van der Waals surface area contributed by atoms with Crippen molar-refractivity contribution < 1.29 is 22.9 Å². The van der Waals surface area contributed by atoms with E-state index in [1.54, 1.807) is 0 Å². The number of rotatable bonds is 7. The number of carbonyl (C=O) groups is 1. The summed E-state index contributed by atoms with van der Waals surface area (Å²) >= 11 is 0. The number of sulfonamides is 1. The van der Waals surface area contributed by atoms with Crippen molar-refractivity contribution in [3.8, 4) is 5.75 Å². The van der Waals surface area contributed by atoms with E-state index in [1.807, 2.05) is 0 Å². The maximum Gasteiger partial charge on any atom is 0.271 e. The molecule has 0 heterocycles. The number of ether oxygens (including phenoxy) is 1. The molecule has 0 aliphatic carbocycles. The van der Waals surface area contributed by atoms with E-state index in [4.69, 9.17) is 4.74 Å². The molecule has 0 radical (unpaired) electrons. The van der Waals surface area contributed by atoms with Gasteiger partial charge in [-0.15, -0.1) is 0 Å². The number of nitro benzene ring substituents is 1. The molecule has 0 aromatic heterocycles. The minimum Gasteiger partial charge on any atom is -0.497 e. The Balaban J connectivity index is 1.98. The number of non-ortho nitro benzene ring substituents is 1. The van der Waals surface area contributed by atoms with E-state index in [-0.39, 0.29) is 16.3 Å².